The van der Waals surface area contributed by atoms with Crippen molar-refractivity contribution in [2.24, 2.45) is 0 Å². The van der Waals surface area contributed by atoms with E-state index in [1.54, 1.807) is 22.9 Å². The second-order valence-electron chi connectivity index (χ2n) is 10.6. The highest BCUT2D eigenvalue weighted by Crippen LogP contribution is 2.45. The summed E-state index contributed by atoms with van der Waals surface area (Å²) in [6, 6.07) is 3.60. The fraction of sp³-hybridized carbons (Fsp3) is 0.467. The molecule has 1 aromatic carbocycles. The first-order chi connectivity index (χ1) is 20.8. The van der Waals surface area contributed by atoms with Crippen LogP contribution >= 0.6 is 23.2 Å². The van der Waals surface area contributed by atoms with Gasteiger partial charge >= 0.3 is 0 Å². The number of piperidine rings is 1. The van der Waals surface area contributed by atoms with Crippen molar-refractivity contribution in [2.75, 3.05) is 52.4 Å². The van der Waals surface area contributed by atoms with E-state index in [2.05, 4.69) is 27.1 Å². The predicted molar refractivity (Wildman–Crippen MR) is 168 cm³/mol. The van der Waals surface area contributed by atoms with E-state index < -0.39 is 0 Å². The number of anilines is 1. The molecule has 2 aromatic heterocycles. The van der Waals surface area contributed by atoms with Gasteiger partial charge in [0.05, 0.1) is 29.8 Å². The van der Waals surface area contributed by atoms with Gasteiger partial charge in [0.1, 0.15) is 17.1 Å². The van der Waals surface area contributed by atoms with Crippen molar-refractivity contribution in [2.45, 2.75) is 44.3 Å². The minimum Gasteiger partial charge on any atom is -0.495 e. The van der Waals surface area contributed by atoms with Gasteiger partial charge < -0.3 is 29.7 Å². The highest BCUT2D eigenvalue weighted by atomic mass is 35.5. The van der Waals surface area contributed by atoms with Gasteiger partial charge in [-0.1, -0.05) is 29.8 Å². The summed E-state index contributed by atoms with van der Waals surface area (Å²) in [6.45, 7) is 7.43. The van der Waals surface area contributed by atoms with Crippen LogP contribution in [0, 0.1) is 0 Å². The molecule has 4 heterocycles. The number of hydrogen-bond donors (Lipinski definition) is 2. The lowest BCUT2D eigenvalue weighted by molar-refractivity contribution is -0.117. The lowest BCUT2D eigenvalue weighted by Gasteiger charge is -2.32. The Balaban J connectivity index is 1.52. The summed E-state index contributed by atoms with van der Waals surface area (Å²) in [6.07, 6.45) is 6.32. The fourth-order valence-electron chi connectivity index (χ4n) is 5.56. The minimum atomic E-state index is -0.296. The van der Waals surface area contributed by atoms with Crippen LogP contribution in [-0.2, 0) is 16.1 Å². The van der Waals surface area contributed by atoms with Crippen LogP contribution in [0.25, 0.3) is 22.2 Å². The SMILES string of the molecule is C=CC(=O)NC1CCN(CCn2c(=O)c(-c3c(Cl)c(OC)cc(OC)c3Cl)cc3cnc(NC4CCOCC4)nc32)CC1. The maximum Gasteiger partial charge on any atom is 0.260 e. The molecule has 3 aromatic rings. The molecule has 0 atom stereocenters. The number of carbonyl (C=O) groups excluding carboxylic acids is 1. The minimum absolute atomic E-state index is 0.104. The zero-order valence-corrected chi connectivity index (χ0v) is 25.8. The number of ether oxygens (including phenoxy) is 3. The Morgan fingerprint density at radius 3 is 2.37 bits per heavy atom. The van der Waals surface area contributed by atoms with Crippen LogP contribution in [0.5, 0.6) is 11.5 Å². The molecule has 2 aliphatic heterocycles. The Bertz CT molecular complexity index is 1520. The predicted octanol–water partition coefficient (Wildman–Crippen LogP) is 4.14. The van der Waals surface area contributed by atoms with Gasteiger partial charge in [0, 0.05) is 74.7 Å². The second kappa shape index (κ2) is 13.9. The summed E-state index contributed by atoms with van der Waals surface area (Å²) in [5.74, 6) is 0.966. The van der Waals surface area contributed by atoms with Crippen LogP contribution in [0.2, 0.25) is 10.0 Å². The molecular formula is C30H36Cl2N6O5. The van der Waals surface area contributed by atoms with Crippen molar-refractivity contribution in [1.82, 2.24) is 24.8 Å². The quantitative estimate of drug-likeness (QED) is 0.318. The summed E-state index contributed by atoms with van der Waals surface area (Å²) in [4.78, 5) is 37.6. The van der Waals surface area contributed by atoms with E-state index in [9.17, 15) is 9.59 Å². The monoisotopic (exact) mass is 630 g/mol. The van der Waals surface area contributed by atoms with Crippen LogP contribution in [0.1, 0.15) is 25.7 Å². The molecule has 0 radical (unpaired) electrons. The highest BCUT2D eigenvalue weighted by molar-refractivity contribution is 6.41. The Morgan fingerprint density at radius 1 is 1.07 bits per heavy atom. The number of halogens is 2. The number of nitrogens with zero attached hydrogens (tertiary/aromatic N) is 4. The first-order valence-corrected chi connectivity index (χ1v) is 15.1. The normalized spacial score (nSPS) is 16.7. The summed E-state index contributed by atoms with van der Waals surface area (Å²) >= 11 is 13.5. The van der Waals surface area contributed by atoms with Crippen molar-refractivity contribution in [3.8, 4) is 22.6 Å². The molecule has 11 nitrogen and oxygen atoms in total. The van der Waals surface area contributed by atoms with Crippen molar-refractivity contribution in [3.05, 3.63) is 51.4 Å². The van der Waals surface area contributed by atoms with Gasteiger partial charge in [0.2, 0.25) is 11.9 Å². The summed E-state index contributed by atoms with van der Waals surface area (Å²) in [7, 11) is 2.98. The number of benzene rings is 1. The van der Waals surface area contributed by atoms with Crippen LogP contribution in [0.15, 0.2) is 35.8 Å². The van der Waals surface area contributed by atoms with Crippen LogP contribution < -0.4 is 25.7 Å². The van der Waals surface area contributed by atoms with E-state index >= 15 is 0 Å². The molecule has 2 fully saturated rings. The smallest absolute Gasteiger partial charge is 0.260 e. The summed E-state index contributed by atoms with van der Waals surface area (Å²) < 4.78 is 18.0. The third-order valence-corrected chi connectivity index (χ3v) is 8.73. The van der Waals surface area contributed by atoms with Crippen LogP contribution in [-0.4, -0.2) is 84.5 Å². The Hall–Kier alpha value is -3.38. The Morgan fingerprint density at radius 2 is 1.74 bits per heavy atom. The van der Waals surface area contributed by atoms with Crippen molar-refractivity contribution in [1.29, 1.82) is 0 Å². The molecule has 0 unspecified atom stereocenters. The Labute approximate surface area is 260 Å². The summed E-state index contributed by atoms with van der Waals surface area (Å²) in [5, 5.41) is 7.45. The number of pyridine rings is 1. The molecular weight excluding hydrogens is 595 g/mol. The molecule has 43 heavy (non-hydrogen) atoms. The molecule has 0 bridgehead atoms. The van der Waals surface area contributed by atoms with Gasteiger partial charge in [-0.15, -0.1) is 0 Å². The van der Waals surface area contributed by atoms with Gasteiger partial charge in [-0.25, -0.2) is 4.98 Å². The summed E-state index contributed by atoms with van der Waals surface area (Å²) in [5.41, 5.74) is 0.826. The third kappa shape index (κ3) is 6.90. The van der Waals surface area contributed by atoms with Crippen molar-refractivity contribution < 1.29 is 19.0 Å². The third-order valence-electron chi connectivity index (χ3n) is 7.98. The molecule has 1 amide bonds. The van der Waals surface area contributed by atoms with Crippen LogP contribution in [0.4, 0.5) is 5.95 Å². The molecule has 0 saturated carbocycles. The van der Waals surface area contributed by atoms with Gasteiger partial charge in [0.15, 0.2) is 0 Å². The Kier molecular flexibility index (Phi) is 10.1. The van der Waals surface area contributed by atoms with Gasteiger partial charge in [-0.05, 0) is 37.8 Å². The molecule has 13 heteroatoms. The highest BCUT2D eigenvalue weighted by Gasteiger charge is 2.25. The number of aromatic nitrogens is 3. The lowest BCUT2D eigenvalue weighted by atomic mass is 10.0. The molecule has 2 saturated heterocycles. The number of likely N-dealkylation sites (tertiary alicyclic amines) is 1. The molecule has 0 spiro atoms. The van der Waals surface area contributed by atoms with Gasteiger partial charge in [0.25, 0.3) is 5.56 Å². The number of carbonyl (C=O) groups is 1. The fourth-order valence-corrected chi connectivity index (χ4v) is 6.27. The van der Waals surface area contributed by atoms with E-state index in [4.69, 9.17) is 42.4 Å². The maximum absolute atomic E-state index is 14.3. The van der Waals surface area contributed by atoms with E-state index in [-0.39, 0.29) is 33.6 Å². The zero-order chi connectivity index (χ0) is 30.5. The standard InChI is InChI=1S/C30H36Cl2N6O5/c1-4-24(39)34-19-5-9-37(10-6-19)11-12-38-28-18(17-33-30(36-28)35-20-7-13-43-14-8-20)15-21(29(38)40)25-26(31)22(41-2)16-23(42-3)27(25)32/h4,15-17,19-20H,1,5-14H2,2-3H3,(H,34,39)(H,33,35,36). The number of methoxy groups -OCH3 is 2. The number of rotatable bonds is 10. The number of amides is 1. The zero-order valence-electron chi connectivity index (χ0n) is 24.3. The molecule has 2 aliphatic rings. The number of hydrogen-bond acceptors (Lipinski definition) is 9. The van der Waals surface area contributed by atoms with E-state index in [0.29, 0.717) is 65.9 Å². The van der Waals surface area contributed by atoms with Crippen LogP contribution in [0.3, 0.4) is 0 Å². The topological polar surface area (TPSA) is 120 Å². The lowest BCUT2D eigenvalue weighted by Crippen LogP contribution is -2.45. The molecule has 5 rings (SSSR count). The first kappa shape index (κ1) is 31.1. The van der Waals surface area contributed by atoms with E-state index in [1.165, 1.54) is 20.3 Å². The number of nitrogens with one attached hydrogen (secondary N) is 2. The van der Waals surface area contributed by atoms with Gasteiger partial charge in [-0.2, -0.15) is 4.98 Å². The van der Waals surface area contributed by atoms with Crippen molar-refractivity contribution in [3.63, 3.8) is 0 Å². The first-order valence-electron chi connectivity index (χ1n) is 14.3. The average Bonchev–Trinajstić information content (AvgIpc) is 3.02. The molecule has 230 valence electrons. The number of fused-ring (bicyclic) bond motifs is 1. The van der Waals surface area contributed by atoms with Crippen molar-refractivity contribution >= 4 is 46.1 Å². The molecule has 0 aliphatic carbocycles. The average molecular weight is 632 g/mol. The van der Waals surface area contributed by atoms with Gasteiger partial charge in [-0.3, -0.25) is 14.2 Å². The molecule has 2 N–H and O–H groups in total. The van der Waals surface area contributed by atoms with E-state index in [1.807, 2.05) is 0 Å². The van der Waals surface area contributed by atoms with E-state index in [0.717, 1.165) is 38.8 Å². The second-order valence-corrected chi connectivity index (χ2v) is 11.4. The largest absolute Gasteiger partial charge is 0.495 e. The maximum atomic E-state index is 14.3.